The molecule has 0 N–H and O–H groups in total. The van der Waals surface area contributed by atoms with Crippen molar-refractivity contribution in [3.05, 3.63) is 70.9 Å². The molecule has 0 fully saturated rings. The molecule has 0 saturated carbocycles. The number of aromatic nitrogens is 1. The number of nitrogens with zero attached hydrogens (tertiary/aromatic N) is 1. The molecule has 0 atom stereocenters. The fraction of sp³-hybridized carbons (Fsp3) is 0.118. The van der Waals surface area contributed by atoms with Gasteiger partial charge in [0, 0.05) is 6.20 Å². The zero-order valence-corrected chi connectivity index (χ0v) is 11.1. The van der Waals surface area contributed by atoms with Crippen LogP contribution in [0.15, 0.2) is 54.8 Å². The van der Waals surface area contributed by atoms with Crippen molar-refractivity contribution in [2.45, 2.75) is 13.8 Å². The quantitative estimate of drug-likeness (QED) is 0.721. The lowest BCUT2D eigenvalue weighted by atomic mass is 10.1. The Kier molecular flexibility index (Phi) is 5.59. The van der Waals surface area contributed by atoms with Crippen molar-refractivity contribution in [3.8, 4) is 0 Å². The molecule has 0 saturated heterocycles. The van der Waals surface area contributed by atoms with E-state index in [1.54, 1.807) is 6.20 Å². The van der Waals surface area contributed by atoms with E-state index in [1.807, 2.05) is 62.4 Å². The lowest BCUT2D eigenvalue weighted by Gasteiger charge is -1.99. The lowest BCUT2D eigenvalue weighted by Crippen LogP contribution is -2.05. The highest BCUT2D eigenvalue weighted by Crippen LogP contribution is 2.07. The van der Waals surface area contributed by atoms with Gasteiger partial charge >= 0.3 is 0 Å². The lowest BCUT2D eigenvalue weighted by molar-refractivity contribution is 1.27. The van der Waals surface area contributed by atoms with Crippen LogP contribution in [0.4, 0.5) is 0 Å². The summed E-state index contributed by atoms with van der Waals surface area (Å²) in [7, 11) is 0. The van der Waals surface area contributed by atoms with E-state index in [4.69, 9.17) is 0 Å². The van der Waals surface area contributed by atoms with Crippen molar-refractivity contribution in [1.29, 1.82) is 0 Å². The summed E-state index contributed by atoms with van der Waals surface area (Å²) in [4.78, 5) is 4.48. The number of allylic oxidation sites excluding steroid dienone is 4. The Balaban J connectivity index is 3.58. The minimum Gasteiger partial charge on any atom is -0.256 e. The fourth-order valence-electron chi connectivity index (χ4n) is 1.53. The highest BCUT2D eigenvalue weighted by Gasteiger charge is 1.96. The van der Waals surface area contributed by atoms with Gasteiger partial charge in [-0.15, -0.1) is 0 Å². The summed E-state index contributed by atoms with van der Waals surface area (Å²) < 4.78 is 0. The smallest absolute Gasteiger partial charge is 0.0764 e. The van der Waals surface area contributed by atoms with Gasteiger partial charge in [-0.05, 0) is 35.9 Å². The van der Waals surface area contributed by atoms with E-state index in [-0.39, 0.29) is 0 Å². The molecule has 0 aliphatic heterocycles. The van der Waals surface area contributed by atoms with Crippen LogP contribution in [-0.2, 0) is 0 Å². The Morgan fingerprint density at radius 1 is 1.11 bits per heavy atom. The Morgan fingerprint density at radius 3 is 2.50 bits per heavy atom. The maximum absolute atomic E-state index is 4.48. The van der Waals surface area contributed by atoms with Gasteiger partial charge in [0.1, 0.15) is 0 Å². The van der Waals surface area contributed by atoms with Gasteiger partial charge < -0.3 is 0 Å². The zero-order valence-electron chi connectivity index (χ0n) is 11.1. The van der Waals surface area contributed by atoms with Crippen LogP contribution in [0.3, 0.4) is 0 Å². The third kappa shape index (κ3) is 4.02. The summed E-state index contributed by atoms with van der Waals surface area (Å²) in [5.41, 5.74) is 1.94. The molecular formula is C17H19N. The third-order valence-corrected chi connectivity index (χ3v) is 2.45. The highest BCUT2D eigenvalue weighted by molar-refractivity contribution is 5.71. The molecule has 0 bridgehead atoms. The zero-order chi connectivity index (χ0) is 13.4. The van der Waals surface area contributed by atoms with Gasteiger partial charge in [-0.3, -0.25) is 4.98 Å². The maximum Gasteiger partial charge on any atom is 0.0764 e. The van der Waals surface area contributed by atoms with Crippen molar-refractivity contribution in [1.82, 2.24) is 4.98 Å². The minimum atomic E-state index is 0.881. The summed E-state index contributed by atoms with van der Waals surface area (Å²) >= 11 is 0. The number of rotatable bonds is 2. The van der Waals surface area contributed by atoms with Crippen molar-refractivity contribution < 1.29 is 0 Å². The third-order valence-electron chi connectivity index (χ3n) is 2.45. The Morgan fingerprint density at radius 2 is 1.83 bits per heavy atom. The second-order valence-corrected chi connectivity index (χ2v) is 3.86. The standard InChI is InChI=1S/C17H19N/c1-5-9-16(6-2)17-15(4)11-8-7-10-14(3)12-13-18-17/h5-13H,3-4H2,1-2H3/b9-5-,10-7?,11-8?,13-12?,16-6+,18-17?. The predicted octanol–water partition coefficient (Wildman–Crippen LogP) is 3.01. The summed E-state index contributed by atoms with van der Waals surface area (Å²) in [6.07, 6.45) is 7.82. The molecule has 1 rings (SSSR count). The average Bonchev–Trinajstić information content (AvgIpc) is 2.37. The molecule has 1 aromatic heterocycles. The van der Waals surface area contributed by atoms with E-state index >= 15 is 0 Å². The molecule has 0 radical (unpaired) electrons. The maximum atomic E-state index is 4.48. The number of hydrogen-bond donors (Lipinski definition) is 0. The highest BCUT2D eigenvalue weighted by atomic mass is 14.7. The van der Waals surface area contributed by atoms with Gasteiger partial charge in [0.15, 0.2) is 0 Å². The van der Waals surface area contributed by atoms with Gasteiger partial charge in [-0.1, -0.05) is 55.7 Å². The molecule has 0 aromatic carbocycles. The van der Waals surface area contributed by atoms with Crippen LogP contribution in [0.5, 0.6) is 0 Å². The normalized spacial score (nSPS) is 11.3. The summed E-state index contributed by atoms with van der Waals surface area (Å²) in [5.74, 6) is 0. The van der Waals surface area contributed by atoms with Crippen LogP contribution < -0.4 is 10.4 Å². The van der Waals surface area contributed by atoms with Crippen molar-refractivity contribution in [2.24, 2.45) is 0 Å². The van der Waals surface area contributed by atoms with Crippen molar-refractivity contribution in [3.63, 3.8) is 0 Å². The van der Waals surface area contributed by atoms with Crippen LogP contribution >= 0.6 is 0 Å². The molecule has 0 amide bonds. The van der Waals surface area contributed by atoms with Crippen LogP contribution in [-0.4, -0.2) is 4.98 Å². The second-order valence-electron chi connectivity index (χ2n) is 3.86. The van der Waals surface area contributed by atoms with Gasteiger partial charge in [0.2, 0.25) is 0 Å². The first-order chi connectivity index (χ1) is 8.69. The SMILES string of the molecule is C=c1ccccc(=C)c(C(/C=C\C)=C/C)ncc1. The molecule has 0 aliphatic carbocycles. The Labute approximate surface area is 109 Å². The molecule has 18 heavy (non-hydrogen) atoms. The number of hydrogen-bond acceptors (Lipinski definition) is 1. The Hall–Kier alpha value is -2.15. The summed E-state index contributed by atoms with van der Waals surface area (Å²) in [6.45, 7) is 11.9. The predicted molar refractivity (Wildman–Crippen MR) is 80.6 cm³/mol. The summed E-state index contributed by atoms with van der Waals surface area (Å²) in [6, 6.07) is 9.67. The van der Waals surface area contributed by atoms with E-state index in [1.165, 1.54) is 0 Å². The van der Waals surface area contributed by atoms with E-state index in [9.17, 15) is 0 Å². The van der Waals surface area contributed by atoms with Crippen LogP contribution in [0.2, 0.25) is 0 Å². The van der Waals surface area contributed by atoms with Crippen LogP contribution in [0.1, 0.15) is 19.5 Å². The monoisotopic (exact) mass is 237 g/mol. The van der Waals surface area contributed by atoms with E-state index < -0.39 is 0 Å². The molecule has 1 heteroatoms. The topological polar surface area (TPSA) is 12.9 Å². The molecule has 92 valence electrons. The van der Waals surface area contributed by atoms with Gasteiger partial charge in [0.25, 0.3) is 0 Å². The first kappa shape index (κ1) is 13.9. The molecule has 0 spiro atoms. The molecule has 1 heterocycles. The largest absolute Gasteiger partial charge is 0.256 e. The van der Waals surface area contributed by atoms with E-state index in [0.29, 0.717) is 0 Å². The second kappa shape index (κ2) is 7.23. The minimum absolute atomic E-state index is 0.881. The van der Waals surface area contributed by atoms with Crippen LogP contribution in [0, 0.1) is 0 Å². The molecule has 0 aliphatic rings. The molecule has 1 nitrogen and oxygen atoms in total. The van der Waals surface area contributed by atoms with Gasteiger partial charge in [0.05, 0.1) is 5.69 Å². The summed E-state index contributed by atoms with van der Waals surface area (Å²) in [5, 5.41) is 1.81. The molecular weight excluding hydrogens is 218 g/mol. The molecule has 0 unspecified atom stereocenters. The van der Waals surface area contributed by atoms with Gasteiger partial charge in [-0.2, -0.15) is 0 Å². The first-order valence-electron chi connectivity index (χ1n) is 5.95. The van der Waals surface area contributed by atoms with Crippen molar-refractivity contribution in [2.75, 3.05) is 0 Å². The first-order valence-corrected chi connectivity index (χ1v) is 5.95. The van der Waals surface area contributed by atoms with E-state index in [2.05, 4.69) is 18.1 Å². The van der Waals surface area contributed by atoms with E-state index in [0.717, 1.165) is 21.7 Å². The average molecular weight is 237 g/mol. The Bertz CT molecular complexity index is 608. The fourth-order valence-corrected chi connectivity index (χ4v) is 1.53. The molecule has 1 aromatic rings. The van der Waals surface area contributed by atoms with Crippen molar-refractivity contribution >= 4 is 18.7 Å². The van der Waals surface area contributed by atoms with Gasteiger partial charge in [-0.25, -0.2) is 0 Å². The van der Waals surface area contributed by atoms with Crippen LogP contribution in [0.25, 0.3) is 18.7 Å².